The molecule has 1 rings (SSSR count). The molecule has 0 bridgehead atoms. The highest BCUT2D eigenvalue weighted by atomic mass is 17.1. The highest BCUT2D eigenvalue weighted by Gasteiger charge is 2.32. The van der Waals surface area contributed by atoms with Crippen molar-refractivity contribution in [3.05, 3.63) is 0 Å². The number of ether oxygens (including phenoxy) is 1. The van der Waals surface area contributed by atoms with E-state index in [-0.39, 0.29) is 6.61 Å². The molecular weight excluding hydrogens is 135 g/mol. The van der Waals surface area contributed by atoms with Gasteiger partial charge in [-0.05, 0) is 6.42 Å². The molecule has 2 radical (unpaired) electrons. The third-order valence-electron chi connectivity index (χ3n) is 1.54. The predicted octanol–water partition coefficient (Wildman–Crippen LogP) is -0.880. The Bertz CT molecular complexity index is 97.8. The normalized spacial score (nSPS) is 40.4. The van der Waals surface area contributed by atoms with Gasteiger partial charge in [0.25, 0.3) is 0 Å². The minimum atomic E-state index is -0.486. The number of rotatable bonds is 2. The van der Waals surface area contributed by atoms with Crippen LogP contribution in [0.4, 0.5) is 0 Å². The Hall–Kier alpha value is -0.0951. The number of hydrogen-bond acceptors (Lipinski definition) is 4. The Kier molecular flexibility index (Phi) is 2.68. The molecule has 1 fully saturated rings. The Morgan fingerprint density at radius 2 is 2.40 bits per heavy atom. The summed E-state index contributed by atoms with van der Waals surface area (Å²) in [6, 6.07) is -0.436. The summed E-state index contributed by atoms with van der Waals surface area (Å²) in [7, 11) is 5.34. The van der Waals surface area contributed by atoms with Crippen LogP contribution in [-0.2, 0) is 9.62 Å². The van der Waals surface area contributed by atoms with E-state index in [1.165, 1.54) is 0 Å². The van der Waals surface area contributed by atoms with Crippen molar-refractivity contribution in [3.8, 4) is 0 Å². The maximum Gasteiger partial charge on any atom is 0.123 e. The molecule has 0 aromatic carbocycles. The molecule has 1 unspecified atom stereocenters. The molecule has 1 aliphatic rings. The summed E-state index contributed by atoms with van der Waals surface area (Å²) in [4.78, 5) is 4.02. The van der Waals surface area contributed by atoms with Crippen molar-refractivity contribution in [2.75, 3.05) is 6.61 Å². The summed E-state index contributed by atoms with van der Waals surface area (Å²) in [5.41, 5.74) is 0. The van der Waals surface area contributed by atoms with Crippen molar-refractivity contribution in [2.45, 2.75) is 24.6 Å². The van der Waals surface area contributed by atoms with E-state index in [4.69, 9.17) is 22.9 Å². The first-order chi connectivity index (χ1) is 4.77. The molecule has 10 heavy (non-hydrogen) atoms. The maximum atomic E-state index is 8.61. The van der Waals surface area contributed by atoms with Crippen LogP contribution in [0.1, 0.15) is 6.42 Å². The molecule has 1 heterocycles. The highest BCUT2D eigenvalue weighted by molar-refractivity contribution is 6.11. The quantitative estimate of drug-likeness (QED) is 0.300. The Morgan fingerprint density at radius 1 is 1.70 bits per heavy atom. The second-order valence-electron chi connectivity index (χ2n) is 2.28. The van der Waals surface area contributed by atoms with Crippen LogP contribution < -0.4 is 0 Å². The van der Waals surface area contributed by atoms with Gasteiger partial charge in [-0.25, -0.2) is 4.89 Å². The maximum absolute atomic E-state index is 8.61. The van der Waals surface area contributed by atoms with Crippen LogP contribution in [0.2, 0.25) is 0 Å². The van der Waals surface area contributed by atoms with Gasteiger partial charge in [0.2, 0.25) is 0 Å². The first-order valence-electron chi connectivity index (χ1n) is 3.10. The van der Waals surface area contributed by atoms with Crippen molar-refractivity contribution in [2.24, 2.45) is 0 Å². The molecular formula is C5H9BO4. The molecule has 1 aliphatic heterocycles. The molecule has 3 atom stereocenters. The molecule has 0 spiro atoms. The van der Waals surface area contributed by atoms with Gasteiger partial charge in [0.05, 0.1) is 6.61 Å². The summed E-state index contributed by atoms with van der Waals surface area (Å²) in [5.74, 6) is 0. The fraction of sp³-hybridized carbons (Fsp3) is 1.00. The Labute approximate surface area is 60.1 Å². The second kappa shape index (κ2) is 3.34. The molecule has 0 aromatic heterocycles. The van der Waals surface area contributed by atoms with Crippen LogP contribution in [0.25, 0.3) is 0 Å². The molecule has 4 nitrogen and oxygen atoms in total. The SMILES string of the molecule is [B][C@H]1CC(OO)[C@@H](CO)O1. The van der Waals surface area contributed by atoms with Crippen molar-refractivity contribution in [1.82, 2.24) is 0 Å². The van der Waals surface area contributed by atoms with E-state index in [0.717, 1.165) is 0 Å². The van der Waals surface area contributed by atoms with E-state index in [2.05, 4.69) is 4.89 Å². The second-order valence-corrected chi connectivity index (χ2v) is 2.28. The van der Waals surface area contributed by atoms with Crippen molar-refractivity contribution in [3.63, 3.8) is 0 Å². The van der Waals surface area contributed by atoms with Crippen LogP contribution in [0, 0.1) is 0 Å². The largest absolute Gasteiger partial charge is 0.394 e. The van der Waals surface area contributed by atoms with Crippen LogP contribution >= 0.6 is 0 Å². The van der Waals surface area contributed by atoms with Crippen LogP contribution in [0.3, 0.4) is 0 Å². The van der Waals surface area contributed by atoms with E-state index < -0.39 is 18.2 Å². The summed E-state index contributed by atoms with van der Waals surface area (Å²) in [5, 5.41) is 16.9. The highest BCUT2D eigenvalue weighted by Crippen LogP contribution is 2.19. The fourth-order valence-corrected chi connectivity index (χ4v) is 1.02. The van der Waals surface area contributed by atoms with E-state index >= 15 is 0 Å². The van der Waals surface area contributed by atoms with Crippen LogP contribution in [-0.4, -0.2) is 43.0 Å². The van der Waals surface area contributed by atoms with Gasteiger partial charge >= 0.3 is 0 Å². The van der Waals surface area contributed by atoms with Gasteiger partial charge in [-0.1, -0.05) is 0 Å². The van der Waals surface area contributed by atoms with Crippen LogP contribution in [0.5, 0.6) is 0 Å². The minimum Gasteiger partial charge on any atom is -0.394 e. The van der Waals surface area contributed by atoms with Gasteiger partial charge in [0.1, 0.15) is 20.1 Å². The van der Waals surface area contributed by atoms with Crippen molar-refractivity contribution < 1.29 is 20.0 Å². The predicted molar refractivity (Wildman–Crippen MR) is 33.6 cm³/mol. The summed E-state index contributed by atoms with van der Waals surface area (Å²) < 4.78 is 4.96. The summed E-state index contributed by atoms with van der Waals surface area (Å²) >= 11 is 0. The fourth-order valence-electron chi connectivity index (χ4n) is 1.02. The minimum absolute atomic E-state index is 0.182. The van der Waals surface area contributed by atoms with Gasteiger partial charge in [-0.3, -0.25) is 5.26 Å². The lowest BCUT2D eigenvalue weighted by Crippen LogP contribution is -2.26. The van der Waals surface area contributed by atoms with Crippen LogP contribution in [0.15, 0.2) is 0 Å². The summed E-state index contributed by atoms with van der Waals surface area (Å²) in [6.45, 7) is -0.182. The molecule has 2 N–H and O–H groups in total. The molecule has 0 saturated carbocycles. The Morgan fingerprint density at radius 3 is 2.80 bits per heavy atom. The zero-order valence-electron chi connectivity index (χ0n) is 5.43. The lowest BCUT2D eigenvalue weighted by atomic mass is 9.96. The lowest BCUT2D eigenvalue weighted by molar-refractivity contribution is -0.288. The third-order valence-corrected chi connectivity index (χ3v) is 1.54. The van der Waals surface area contributed by atoms with Gasteiger partial charge < -0.3 is 9.84 Å². The molecule has 5 heteroatoms. The van der Waals surface area contributed by atoms with E-state index in [0.29, 0.717) is 6.42 Å². The monoisotopic (exact) mass is 144 g/mol. The lowest BCUT2D eigenvalue weighted by Gasteiger charge is -2.11. The summed E-state index contributed by atoms with van der Waals surface area (Å²) in [6.07, 6.45) is -0.554. The first kappa shape index (κ1) is 8.01. The average molecular weight is 144 g/mol. The van der Waals surface area contributed by atoms with Gasteiger partial charge in [0.15, 0.2) is 0 Å². The number of aliphatic hydroxyl groups is 1. The van der Waals surface area contributed by atoms with Crippen molar-refractivity contribution >= 4 is 7.85 Å². The molecule has 0 amide bonds. The van der Waals surface area contributed by atoms with Crippen molar-refractivity contribution in [1.29, 1.82) is 0 Å². The number of aliphatic hydroxyl groups excluding tert-OH is 1. The zero-order valence-corrected chi connectivity index (χ0v) is 5.43. The third kappa shape index (κ3) is 1.49. The first-order valence-corrected chi connectivity index (χ1v) is 3.10. The smallest absolute Gasteiger partial charge is 0.123 e. The molecule has 56 valence electrons. The topological polar surface area (TPSA) is 58.9 Å². The molecule has 0 aromatic rings. The van der Waals surface area contributed by atoms with Gasteiger partial charge in [-0.15, -0.1) is 0 Å². The van der Waals surface area contributed by atoms with E-state index in [1.54, 1.807) is 0 Å². The number of hydrogen-bond donors (Lipinski definition) is 2. The Balaban J connectivity index is 2.41. The average Bonchev–Trinajstić information content (AvgIpc) is 2.30. The zero-order chi connectivity index (χ0) is 7.56. The molecule has 1 saturated heterocycles. The van der Waals surface area contributed by atoms with E-state index in [9.17, 15) is 0 Å². The van der Waals surface area contributed by atoms with Gasteiger partial charge in [-0.2, -0.15) is 0 Å². The van der Waals surface area contributed by atoms with E-state index in [1.807, 2.05) is 0 Å². The molecule has 0 aliphatic carbocycles. The standard InChI is InChI=1S/C5H9BO4/c6-5-1-3(10-8)4(2-7)9-5/h3-5,7-8H,1-2H2/t3?,4-,5-/m1/s1. The van der Waals surface area contributed by atoms with Gasteiger partial charge in [0, 0.05) is 6.00 Å².